The van der Waals surface area contributed by atoms with Crippen LogP contribution in [0.5, 0.6) is 0 Å². The number of fused-ring (bicyclic) bond motifs is 1. The van der Waals surface area contributed by atoms with Gasteiger partial charge < -0.3 is 0 Å². The van der Waals surface area contributed by atoms with E-state index in [-0.39, 0.29) is 0 Å². The normalized spacial score (nSPS) is 10.4. The van der Waals surface area contributed by atoms with Crippen LogP contribution in [0.4, 0.5) is 0 Å². The van der Waals surface area contributed by atoms with Gasteiger partial charge in [-0.05, 0) is 22.8 Å². The number of hydrogen-bond donors (Lipinski definition) is 1. The van der Waals surface area contributed by atoms with Crippen molar-refractivity contribution in [3.8, 4) is 0 Å². The largest absolute Gasteiger partial charge is 0.142 e. The monoisotopic (exact) mass is 200 g/mol. The molecule has 14 heavy (non-hydrogen) atoms. The van der Waals surface area contributed by atoms with Gasteiger partial charge in [0.1, 0.15) is 0 Å². The molecule has 0 spiro atoms. The molecule has 0 aliphatic carbocycles. The van der Waals surface area contributed by atoms with E-state index < -0.39 is 0 Å². The summed E-state index contributed by atoms with van der Waals surface area (Å²) >= 11 is 4.55. The van der Waals surface area contributed by atoms with Gasteiger partial charge >= 0.3 is 0 Å². The number of thiol groups is 1. The molecule has 0 atom stereocenters. The molecule has 1 heteroatoms. The Morgan fingerprint density at radius 1 is 1.14 bits per heavy atom. The van der Waals surface area contributed by atoms with Crippen molar-refractivity contribution in [1.29, 1.82) is 0 Å². The topological polar surface area (TPSA) is 0 Å². The van der Waals surface area contributed by atoms with E-state index in [1.807, 2.05) is 18.2 Å². The Morgan fingerprint density at radius 3 is 2.71 bits per heavy atom. The highest BCUT2D eigenvalue weighted by atomic mass is 32.1. The van der Waals surface area contributed by atoms with E-state index in [9.17, 15) is 0 Å². The summed E-state index contributed by atoms with van der Waals surface area (Å²) in [4.78, 5) is 1.07. The maximum Gasteiger partial charge on any atom is 0.0154 e. The summed E-state index contributed by atoms with van der Waals surface area (Å²) in [6.45, 7) is 3.74. The summed E-state index contributed by atoms with van der Waals surface area (Å²) in [6, 6.07) is 12.5. The van der Waals surface area contributed by atoms with Crippen molar-refractivity contribution >= 4 is 23.4 Å². The number of hydrogen-bond acceptors (Lipinski definition) is 1. The summed E-state index contributed by atoms with van der Waals surface area (Å²) in [5.41, 5.74) is 1.24. The highest BCUT2D eigenvalue weighted by Gasteiger charge is 2.01. The molecule has 0 saturated carbocycles. The van der Waals surface area contributed by atoms with Crippen molar-refractivity contribution in [1.82, 2.24) is 0 Å². The molecule has 0 radical (unpaired) electrons. The second kappa shape index (κ2) is 3.89. The van der Waals surface area contributed by atoms with Gasteiger partial charge in [-0.3, -0.25) is 0 Å². The molecular weight excluding hydrogens is 188 g/mol. The number of allylic oxidation sites excluding steroid dienone is 1. The fourth-order valence-electron chi connectivity index (χ4n) is 1.62. The summed E-state index contributed by atoms with van der Waals surface area (Å²) in [6.07, 6.45) is 2.79. The van der Waals surface area contributed by atoms with Crippen molar-refractivity contribution in [2.24, 2.45) is 0 Å². The van der Waals surface area contributed by atoms with E-state index >= 15 is 0 Å². The van der Waals surface area contributed by atoms with Crippen molar-refractivity contribution in [3.63, 3.8) is 0 Å². The van der Waals surface area contributed by atoms with Gasteiger partial charge in [0.15, 0.2) is 0 Å². The van der Waals surface area contributed by atoms with E-state index in [0.29, 0.717) is 0 Å². The molecular formula is C13H12S. The fraction of sp³-hybridized carbons (Fsp3) is 0.0769. The van der Waals surface area contributed by atoms with Gasteiger partial charge in [0.2, 0.25) is 0 Å². The first-order valence-corrected chi connectivity index (χ1v) is 5.08. The second-order valence-electron chi connectivity index (χ2n) is 3.29. The zero-order valence-corrected chi connectivity index (χ0v) is 8.80. The van der Waals surface area contributed by atoms with Crippen molar-refractivity contribution in [2.75, 3.05) is 0 Å². The molecule has 2 aromatic carbocycles. The van der Waals surface area contributed by atoms with Crippen LogP contribution in [0.3, 0.4) is 0 Å². The summed E-state index contributed by atoms with van der Waals surface area (Å²) in [5, 5.41) is 2.46. The average molecular weight is 200 g/mol. The number of benzene rings is 2. The maximum atomic E-state index is 4.55. The van der Waals surface area contributed by atoms with Gasteiger partial charge in [-0.15, -0.1) is 19.2 Å². The first kappa shape index (κ1) is 9.35. The molecule has 0 aliphatic heterocycles. The molecule has 0 nitrogen and oxygen atoms in total. The second-order valence-corrected chi connectivity index (χ2v) is 3.73. The molecule has 0 aliphatic rings. The molecule has 0 aromatic heterocycles. The van der Waals surface area contributed by atoms with Crippen LogP contribution in [0.15, 0.2) is 53.9 Å². The molecule has 70 valence electrons. The summed E-state index contributed by atoms with van der Waals surface area (Å²) in [7, 11) is 0. The van der Waals surface area contributed by atoms with Crippen LogP contribution in [0.2, 0.25) is 0 Å². The SMILES string of the molecule is C=CCc1ccc2ccccc2c1S. The zero-order chi connectivity index (χ0) is 9.97. The lowest BCUT2D eigenvalue weighted by atomic mass is 10.0. The molecule has 0 amide bonds. The van der Waals surface area contributed by atoms with Gasteiger partial charge in [0, 0.05) is 4.90 Å². The Bertz CT molecular complexity index is 472. The van der Waals surface area contributed by atoms with E-state index in [4.69, 9.17) is 0 Å². The van der Waals surface area contributed by atoms with Gasteiger partial charge in [-0.1, -0.05) is 42.5 Å². The minimum absolute atomic E-state index is 0.879. The lowest BCUT2D eigenvalue weighted by Gasteiger charge is -2.06. The van der Waals surface area contributed by atoms with Gasteiger partial charge in [0.05, 0.1) is 0 Å². The zero-order valence-electron chi connectivity index (χ0n) is 7.90. The van der Waals surface area contributed by atoms with Gasteiger partial charge in [-0.2, -0.15) is 0 Å². The van der Waals surface area contributed by atoms with Crippen molar-refractivity contribution < 1.29 is 0 Å². The lowest BCUT2D eigenvalue weighted by molar-refractivity contribution is 1.21. The Morgan fingerprint density at radius 2 is 1.93 bits per heavy atom. The van der Waals surface area contributed by atoms with Gasteiger partial charge in [0.25, 0.3) is 0 Å². The van der Waals surface area contributed by atoms with Crippen LogP contribution in [0, 0.1) is 0 Å². The molecule has 0 N–H and O–H groups in total. The molecule has 0 bridgehead atoms. The van der Waals surface area contributed by atoms with Crippen LogP contribution in [0.1, 0.15) is 5.56 Å². The smallest absolute Gasteiger partial charge is 0.0154 e. The minimum atomic E-state index is 0.879. The van der Waals surface area contributed by atoms with Crippen molar-refractivity contribution in [2.45, 2.75) is 11.3 Å². The summed E-state index contributed by atoms with van der Waals surface area (Å²) < 4.78 is 0. The minimum Gasteiger partial charge on any atom is -0.142 e. The lowest BCUT2D eigenvalue weighted by Crippen LogP contribution is -1.85. The van der Waals surface area contributed by atoms with Crippen LogP contribution in [0.25, 0.3) is 10.8 Å². The third-order valence-corrected chi connectivity index (χ3v) is 2.88. The Balaban J connectivity index is 2.68. The van der Waals surface area contributed by atoms with E-state index in [1.165, 1.54) is 16.3 Å². The van der Waals surface area contributed by atoms with Crippen LogP contribution in [-0.2, 0) is 6.42 Å². The van der Waals surface area contributed by atoms with Crippen LogP contribution in [-0.4, -0.2) is 0 Å². The first-order valence-electron chi connectivity index (χ1n) is 4.63. The maximum absolute atomic E-state index is 4.55. The molecule has 0 fully saturated rings. The molecule has 2 aromatic rings. The molecule has 0 heterocycles. The standard InChI is InChI=1S/C13H12S/c1-2-5-11-9-8-10-6-3-4-7-12(10)13(11)14/h2-4,6-9,14H,1,5H2. The number of rotatable bonds is 2. The van der Waals surface area contributed by atoms with Gasteiger partial charge in [-0.25, -0.2) is 0 Å². The van der Waals surface area contributed by atoms with Crippen molar-refractivity contribution in [3.05, 3.63) is 54.6 Å². The predicted octanol–water partition coefficient (Wildman–Crippen LogP) is 3.86. The molecule has 0 unspecified atom stereocenters. The predicted molar refractivity (Wildman–Crippen MR) is 65.1 cm³/mol. The van der Waals surface area contributed by atoms with Crippen LogP contribution >= 0.6 is 12.6 Å². The highest BCUT2D eigenvalue weighted by Crippen LogP contribution is 2.25. The Kier molecular flexibility index (Phi) is 2.60. The van der Waals surface area contributed by atoms with E-state index in [0.717, 1.165) is 11.3 Å². The Hall–Kier alpha value is -1.21. The third kappa shape index (κ3) is 1.55. The fourth-order valence-corrected chi connectivity index (χ4v) is 1.99. The highest BCUT2D eigenvalue weighted by molar-refractivity contribution is 7.80. The first-order chi connectivity index (χ1) is 6.83. The quantitative estimate of drug-likeness (QED) is 0.552. The third-order valence-electron chi connectivity index (χ3n) is 2.35. The molecule has 2 rings (SSSR count). The summed E-state index contributed by atoms with van der Waals surface area (Å²) in [5.74, 6) is 0. The van der Waals surface area contributed by atoms with Crippen LogP contribution < -0.4 is 0 Å². The molecule has 0 saturated heterocycles. The van der Waals surface area contributed by atoms with E-state index in [2.05, 4.69) is 43.5 Å². The average Bonchev–Trinajstić information content (AvgIpc) is 2.23. The van der Waals surface area contributed by atoms with E-state index in [1.54, 1.807) is 0 Å². The Labute approximate surface area is 89.7 Å².